The number of aryl methyl sites for hydroxylation is 1. The van der Waals surface area contributed by atoms with Crippen LogP contribution in [-0.2, 0) is 16.1 Å². The zero-order valence-corrected chi connectivity index (χ0v) is 18.8. The quantitative estimate of drug-likeness (QED) is 0.453. The summed E-state index contributed by atoms with van der Waals surface area (Å²) < 4.78 is 7.92. The van der Waals surface area contributed by atoms with E-state index in [1.54, 1.807) is 16.5 Å². The van der Waals surface area contributed by atoms with Gasteiger partial charge in [-0.2, -0.15) is 0 Å². The molecule has 0 saturated heterocycles. The van der Waals surface area contributed by atoms with Crippen LogP contribution in [0, 0.1) is 12.8 Å². The van der Waals surface area contributed by atoms with Crippen molar-refractivity contribution in [1.82, 2.24) is 14.7 Å². The van der Waals surface area contributed by atoms with Gasteiger partial charge >= 0.3 is 5.97 Å². The van der Waals surface area contributed by atoms with Crippen LogP contribution >= 0.6 is 11.3 Å². The van der Waals surface area contributed by atoms with Gasteiger partial charge in [-0.15, -0.1) is 0 Å². The van der Waals surface area contributed by atoms with Crippen LogP contribution in [0.5, 0.6) is 0 Å². The third kappa shape index (κ3) is 4.40. The monoisotopic (exact) mass is 449 g/mol. The van der Waals surface area contributed by atoms with E-state index in [4.69, 9.17) is 4.74 Å². The number of nitrogens with zero attached hydrogens (tertiary/aromatic N) is 2. The molecule has 7 nitrogen and oxygen atoms in total. The molecule has 164 valence electrons. The summed E-state index contributed by atoms with van der Waals surface area (Å²) in [6, 6.07) is 15.2. The highest BCUT2D eigenvalue weighted by molar-refractivity contribution is 7.23. The number of thiazole rings is 1. The fraction of sp³-hybridized carbons (Fsp3) is 0.250. The van der Waals surface area contributed by atoms with E-state index in [0.29, 0.717) is 16.2 Å². The molecule has 0 aliphatic rings. The molecule has 0 spiro atoms. The van der Waals surface area contributed by atoms with E-state index in [1.807, 2.05) is 57.2 Å². The SMILES string of the molecule is Cc1ccc(C(=O)N[C@@H](C(=O)OCc2cc(=O)n3c(n2)sc2ccccc23)C(C)C)cc1. The second kappa shape index (κ2) is 8.92. The lowest BCUT2D eigenvalue weighted by atomic mass is 10.0. The van der Waals surface area contributed by atoms with Gasteiger partial charge < -0.3 is 10.1 Å². The molecule has 1 atom stereocenters. The van der Waals surface area contributed by atoms with E-state index in [0.717, 1.165) is 15.8 Å². The summed E-state index contributed by atoms with van der Waals surface area (Å²) >= 11 is 1.40. The molecule has 0 fully saturated rings. The first-order valence-corrected chi connectivity index (χ1v) is 11.1. The first-order chi connectivity index (χ1) is 15.3. The van der Waals surface area contributed by atoms with Crippen LogP contribution < -0.4 is 10.9 Å². The summed E-state index contributed by atoms with van der Waals surface area (Å²) in [6.07, 6.45) is 0. The van der Waals surface area contributed by atoms with Gasteiger partial charge in [-0.05, 0) is 37.1 Å². The smallest absolute Gasteiger partial charge is 0.329 e. The molecule has 2 aromatic carbocycles. The molecule has 0 unspecified atom stereocenters. The number of rotatable bonds is 6. The molecule has 0 saturated carbocycles. The minimum absolute atomic E-state index is 0.150. The number of ether oxygens (including phenoxy) is 1. The summed E-state index contributed by atoms with van der Waals surface area (Å²) in [5.41, 5.74) is 2.44. The van der Waals surface area contributed by atoms with Gasteiger partial charge in [0.1, 0.15) is 12.6 Å². The van der Waals surface area contributed by atoms with Crippen LogP contribution in [0.2, 0.25) is 0 Å². The van der Waals surface area contributed by atoms with E-state index in [9.17, 15) is 14.4 Å². The number of benzene rings is 2. The Labute approximate surface area is 188 Å². The van der Waals surface area contributed by atoms with Crippen molar-refractivity contribution < 1.29 is 14.3 Å². The number of amides is 1. The van der Waals surface area contributed by atoms with Gasteiger partial charge in [-0.25, -0.2) is 9.78 Å². The maximum absolute atomic E-state index is 12.7. The lowest BCUT2D eigenvalue weighted by molar-refractivity contribution is -0.148. The Morgan fingerprint density at radius 3 is 2.56 bits per heavy atom. The zero-order valence-electron chi connectivity index (χ0n) is 18.0. The van der Waals surface area contributed by atoms with Crippen molar-refractivity contribution in [3.8, 4) is 0 Å². The van der Waals surface area contributed by atoms with Crippen LogP contribution in [-0.4, -0.2) is 27.3 Å². The van der Waals surface area contributed by atoms with Gasteiger partial charge in [0, 0.05) is 11.6 Å². The Balaban J connectivity index is 1.49. The lowest BCUT2D eigenvalue weighted by Crippen LogP contribution is -2.45. The van der Waals surface area contributed by atoms with Crippen LogP contribution in [0.3, 0.4) is 0 Å². The van der Waals surface area contributed by atoms with Crippen LogP contribution in [0.1, 0.15) is 35.5 Å². The van der Waals surface area contributed by atoms with Crippen molar-refractivity contribution >= 4 is 38.4 Å². The van der Waals surface area contributed by atoms with E-state index in [-0.39, 0.29) is 24.0 Å². The van der Waals surface area contributed by atoms with Crippen molar-refractivity contribution in [2.24, 2.45) is 5.92 Å². The van der Waals surface area contributed by atoms with Crippen LogP contribution in [0.4, 0.5) is 0 Å². The Kier molecular flexibility index (Phi) is 6.05. The number of nitrogens with one attached hydrogen (secondary N) is 1. The highest BCUT2D eigenvalue weighted by Crippen LogP contribution is 2.23. The Morgan fingerprint density at radius 2 is 1.84 bits per heavy atom. The van der Waals surface area contributed by atoms with E-state index in [2.05, 4.69) is 10.3 Å². The minimum Gasteiger partial charge on any atom is -0.458 e. The molecule has 0 bridgehead atoms. The second-order valence-electron chi connectivity index (χ2n) is 7.94. The standard InChI is InChI=1S/C24H23N3O4S/c1-14(2)21(26-22(29)16-10-8-15(3)9-11-16)23(30)31-13-17-12-20(28)27-18-6-4-5-7-19(18)32-24(27)25-17/h4-12,14,21H,13H2,1-3H3,(H,26,29)/t21-/m1/s1. The minimum atomic E-state index is -0.821. The van der Waals surface area contributed by atoms with Gasteiger partial charge in [-0.1, -0.05) is 55.0 Å². The molecule has 1 amide bonds. The Morgan fingerprint density at radius 1 is 1.12 bits per heavy atom. The molecule has 8 heteroatoms. The summed E-state index contributed by atoms with van der Waals surface area (Å²) in [6.45, 7) is 5.44. The molecule has 4 aromatic rings. The Bertz CT molecular complexity index is 1360. The number of hydrogen-bond acceptors (Lipinski definition) is 6. The third-order valence-corrected chi connectivity index (χ3v) is 6.15. The molecule has 0 radical (unpaired) electrons. The zero-order chi connectivity index (χ0) is 22.8. The van der Waals surface area contributed by atoms with Crippen molar-refractivity contribution in [3.05, 3.63) is 81.8 Å². The molecule has 32 heavy (non-hydrogen) atoms. The summed E-state index contributed by atoms with van der Waals surface area (Å²) in [5.74, 6) is -1.09. The number of hydrogen-bond donors (Lipinski definition) is 1. The average molecular weight is 450 g/mol. The van der Waals surface area contributed by atoms with Crippen LogP contribution in [0.25, 0.3) is 15.2 Å². The number of esters is 1. The summed E-state index contributed by atoms with van der Waals surface area (Å²) in [4.78, 5) is 42.9. The van der Waals surface area contributed by atoms with E-state index < -0.39 is 12.0 Å². The van der Waals surface area contributed by atoms with Gasteiger partial charge in [0.25, 0.3) is 11.5 Å². The van der Waals surface area contributed by atoms with Gasteiger partial charge in [0.15, 0.2) is 4.96 Å². The molecular formula is C24H23N3O4S. The van der Waals surface area contributed by atoms with Crippen LogP contribution in [0.15, 0.2) is 59.4 Å². The fourth-order valence-electron chi connectivity index (χ4n) is 3.36. The van der Waals surface area contributed by atoms with E-state index in [1.165, 1.54) is 17.4 Å². The molecule has 2 heterocycles. The highest BCUT2D eigenvalue weighted by atomic mass is 32.1. The van der Waals surface area contributed by atoms with Crippen molar-refractivity contribution in [2.75, 3.05) is 0 Å². The van der Waals surface area contributed by atoms with Crippen molar-refractivity contribution in [3.63, 3.8) is 0 Å². The molecular weight excluding hydrogens is 426 g/mol. The molecule has 1 N–H and O–H groups in total. The molecule has 0 aliphatic carbocycles. The van der Waals surface area contributed by atoms with Crippen molar-refractivity contribution in [2.45, 2.75) is 33.4 Å². The number of aromatic nitrogens is 2. The topological polar surface area (TPSA) is 89.8 Å². The van der Waals surface area contributed by atoms with Gasteiger partial charge in [0.05, 0.1) is 15.9 Å². The number of para-hydroxylation sites is 1. The van der Waals surface area contributed by atoms with E-state index >= 15 is 0 Å². The number of fused-ring (bicyclic) bond motifs is 3. The normalized spacial score (nSPS) is 12.2. The highest BCUT2D eigenvalue weighted by Gasteiger charge is 2.26. The fourth-order valence-corrected chi connectivity index (χ4v) is 4.41. The predicted octanol–water partition coefficient (Wildman–Crippen LogP) is 3.72. The number of carbonyl (C=O) groups is 2. The maximum atomic E-state index is 12.7. The largest absolute Gasteiger partial charge is 0.458 e. The predicted molar refractivity (Wildman–Crippen MR) is 124 cm³/mol. The van der Waals surface area contributed by atoms with Gasteiger partial charge in [-0.3, -0.25) is 14.0 Å². The molecule has 4 rings (SSSR count). The second-order valence-corrected chi connectivity index (χ2v) is 8.95. The summed E-state index contributed by atoms with van der Waals surface area (Å²) in [7, 11) is 0. The maximum Gasteiger partial charge on any atom is 0.329 e. The number of carbonyl (C=O) groups excluding carboxylic acids is 2. The molecule has 2 aromatic heterocycles. The van der Waals surface area contributed by atoms with Gasteiger partial charge in [0.2, 0.25) is 0 Å². The van der Waals surface area contributed by atoms with Crippen molar-refractivity contribution in [1.29, 1.82) is 0 Å². The average Bonchev–Trinajstić information content (AvgIpc) is 3.14. The first kappa shape index (κ1) is 21.7. The summed E-state index contributed by atoms with van der Waals surface area (Å²) in [5, 5.41) is 2.75. The third-order valence-electron chi connectivity index (χ3n) is 5.13. The first-order valence-electron chi connectivity index (χ1n) is 10.3. The Hall–Kier alpha value is -3.52. The lowest BCUT2D eigenvalue weighted by Gasteiger charge is -2.21. The molecule has 0 aliphatic heterocycles.